The lowest BCUT2D eigenvalue weighted by Gasteiger charge is -2.05. The standard InChI is InChI=1S/C17H15ClN4OS/c18-14-5-3-12(4-6-14)7-9-20-16(23)22-17-21-15(11-24-17)13-2-1-8-19-10-13/h1-6,8,10-11H,7,9H2,(H2,20,21,22,23). The predicted octanol–water partition coefficient (Wildman–Crippen LogP) is 4.22. The number of anilines is 1. The minimum absolute atomic E-state index is 0.268. The molecule has 3 aromatic rings. The van der Waals surface area contributed by atoms with Gasteiger partial charge in [0, 0.05) is 34.9 Å². The number of hydrogen-bond donors (Lipinski definition) is 2. The van der Waals surface area contributed by atoms with E-state index in [4.69, 9.17) is 11.6 Å². The van der Waals surface area contributed by atoms with Gasteiger partial charge in [-0.15, -0.1) is 11.3 Å². The van der Waals surface area contributed by atoms with E-state index >= 15 is 0 Å². The van der Waals surface area contributed by atoms with Gasteiger partial charge in [-0.05, 0) is 36.2 Å². The zero-order valence-electron chi connectivity index (χ0n) is 12.7. The van der Waals surface area contributed by atoms with Crippen LogP contribution in [-0.2, 0) is 6.42 Å². The fourth-order valence-electron chi connectivity index (χ4n) is 2.09. The fourth-order valence-corrected chi connectivity index (χ4v) is 2.93. The molecule has 0 spiro atoms. The van der Waals surface area contributed by atoms with Crippen LogP contribution in [0.2, 0.25) is 5.02 Å². The Bertz CT molecular complexity index is 805. The molecule has 0 radical (unpaired) electrons. The molecule has 0 atom stereocenters. The van der Waals surface area contributed by atoms with E-state index in [-0.39, 0.29) is 6.03 Å². The number of urea groups is 1. The van der Waals surface area contributed by atoms with Crippen LogP contribution < -0.4 is 10.6 Å². The van der Waals surface area contributed by atoms with E-state index in [2.05, 4.69) is 20.6 Å². The third kappa shape index (κ3) is 4.53. The van der Waals surface area contributed by atoms with Gasteiger partial charge in [0.15, 0.2) is 5.13 Å². The Hall–Kier alpha value is -2.44. The van der Waals surface area contributed by atoms with Gasteiger partial charge in [0.05, 0.1) is 5.69 Å². The molecule has 3 rings (SSSR count). The van der Waals surface area contributed by atoms with Crippen molar-refractivity contribution in [2.75, 3.05) is 11.9 Å². The smallest absolute Gasteiger partial charge is 0.321 e. The zero-order chi connectivity index (χ0) is 16.8. The van der Waals surface area contributed by atoms with E-state index in [0.717, 1.165) is 23.2 Å². The highest BCUT2D eigenvalue weighted by Crippen LogP contribution is 2.23. The Morgan fingerprint density at radius 2 is 2.04 bits per heavy atom. The SMILES string of the molecule is O=C(NCCc1ccc(Cl)cc1)Nc1nc(-c2cccnc2)cs1. The van der Waals surface area contributed by atoms with Gasteiger partial charge in [0.25, 0.3) is 0 Å². The number of benzene rings is 1. The third-order valence-corrected chi connectivity index (χ3v) is 4.30. The van der Waals surface area contributed by atoms with Gasteiger partial charge >= 0.3 is 6.03 Å². The highest BCUT2D eigenvalue weighted by atomic mass is 35.5. The van der Waals surface area contributed by atoms with Crippen LogP contribution in [-0.4, -0.2) is 22.5 Å². The molecule has 2 N–H and O–H groups in total. The lowest BCUT2D eigenvalue weighted by molar-refractivity contribution is 0.252. The van der Waals surface area contributed by atoms with Crippen LogP contribution in [0, 0.1) is 0 Å². The summed E-state index contributed by atoms with van der Waals surface area (Å²) in [5.74, 6) is 0. The van der Waals surface area contributed by atoms with Crippen LogP contribution in [0.4, 0.5) is 9.93 Å². The lowest BCUT2D eigenvalue weighted by Crippen LogP contribution is -2.30. The Morgan fingerprint density at radius 1 is 1.21 bits per heavy atom. The first kappa shape index (κ1) is 16.4. The zero-order valence-corrected chi connectivity index (χ0v) is 14.3. The maximum atomic E-state index is 11.9. The number of thiazole rings is 1. The molecule has 0 unspecified atom stereocenters. The predicted molar refractivity (Wildman–Crippen MR) is 97.5 cm³/mol. The molecule has 0 aliphatic heterocycles. The van der Waals surface area contributed by atoms with Crippen molar-refractivity contribution in [3.63, 3.8) is 0 Å². The summed E-state index contributed by atoms with van der Waals surface area (Å²) < 4.78 is 0. The summed E-state index contributed by atoms with van der Waals surface area (Å²) in [6.07, 6.45) is 4.19. The molecule has 2 heterocycles. The molecular formula is C17H15ClN4OS. The second-order valence-corrected chi connectivity index (χ2v) is 6.33. The van der Waals surface area contributed by atoms with Crippen molar-refractivity contribution in [2.45, 2.75) is 6.42 Å². The third-order valence-electron chi connectivity index (χ3n) is 3.29. The van der Waals surface area contributed by atoms with Crippen molar-refractivity contribution in [1.29, 1.82) is 0 Å². The van der Waals surface area contributed by atoms with Gasteiger partial charge in [-0.25, -0.2) is 9.78 Å². The van der Waals surface area contributed by atoms with Crippen molar-refractivity contribution in [3.05, 3.63) is 64.8 Å². The molecule has 24 heavy (non-hydrogen) atoms. The van der Waals surface area contributed by atoms with Crippen LogP contribution in [0.1, 0.15) is 5.56 Å². The van der Waals surface area contributed by atoms with Gasteiger partial charge < -0.3 is 5.32 Å². The Labute approximate surface area is 148 Å². The first-order chi connectivity index (χ1) is 11.7. The molecule has 0 aliphatic carbocycles. The summed E-state index contributed by atoms with van der Waals surface area (Å²) in [6, 6.07) is 11.1. The first-order valence-electron chi connectivity index (χ1n) is 7.36. The Morgan fingerprint density at radius 3 is 2.79 bits per heavy atom. The number of amides is 2. The van der Waals surface area contributed by atoms with Crippen LogP contribution in [0.5, 0.6) is 0 Å². The van der Waals surface area contributed by atoms with Crippen molar-refractivity contribution < 1.29 is 4.79 Å². The molecule has 0 aliphatic rings. The maximum absolute atomic E-state index is 11.9. The Balaban J connectivity index is 1.48. The van der Waals surface area contributed by atoms with Gasteiger partial charge in [-0.3, -0.25) is 10.3 Å². The minimum Gasteiger partial charge on any atom is -0.337 e. The summed E-state index contributed by atoms with van der Waals surface area (Å²) in [6.45, 7) is 0.536. The molecule has 0 fully saturated rings. The number of rotatable bonds is 5. The molecule has 0 saturated heterocycles. The fraction of sp³-hybridized carbons (Fsp3) is 0.118. The molecule has 0 bridgehead atoms. The van der Waals surface area contributed by atoms with Crippen molar-refractivity contribution in [3.8, 4) is 11.3 Å². The molecule has 7 heteroatoms. The van der Waals surface area contributed by atoms with Gasteiger partial charge in [-0.1, -0.05) is 23.7 Å². The molecule has 1 aromatic carbocycles. The number of nitrogens with zero attached hydrogens (tertiary/aromatic N) is 2. The Kier molecular flexibility index (Phi) is 5.40. The largest absolute Gasteiger partial charge is 0.337 e. The van der Waals surface area contributed by atoms with Crippen LogP contribution >= 0.6 is 22.9 Å². The highest BCUT2D eigenvalue weighted by Gasteiger charge is 2.07. The van der Waals surface area contributed by atoms with Gasteiger partial charge in [-0.2, -0.15) is 0 Å². The van der Waals surface area contributed by atoms with E-state index in [1.165, 1.54) is 11.3 Å². The topological polar surface area (TPSA) is 66.9 Å². The van der Waals surface area contributed by atoms with E-state index < -0.39 is 0 Å². The quantitative estimate of drug-likeness (QED) is 0.717. The second kappa shape index (κ2) is 7.90. The molecule has 122 valence electrons. The number of aromatic nitrogens is 2. The van der Waals surface area contributed by atoms with Crippen LogP contribution in [0.3, 0.4) is 0 Å². The van der Waals surface area contributed by atoms with E-state index in [1.54, 1.807) is 12.4 Å². The highest BCUT2D eigenvalue weighted by molar-refractivity contribution is 7.14. The molecular weight excluding hydrogens is 344 g/mol. The number of hydrogen-bond acceptors (Lipinski definition) is 4. The van der Waals surface area contributed by atoms with E-state index in [0.29, 0.717) is 16.7 Å². The van der Waals surface area contributed by atoms with Crippen molar-refractivity contribution >= 4 is 34.1 Å². The minimum atomic E-state index is -0.268. The summed E-state index contributed by atoms with van der Waals surface area (Å²) in [4.78, 5) is 20.4. The monoisotopic (exact) mass is 358 g/mol. The number of nitrogens with one attached hydrogen (secondary N) is 2. The van der Waals surface area contributed by atoms with Crippen molar-refractivity contribution in [2.24, 2.45) is 0 Å². The van der Waals surface area contributed by atoms with E-state index in [1.807, 2.05) is 41.8 Å². The summed E-state index contributed by atoms with van der Waals surface area (Å²) in [5.41, 5.74) is 2.84. The molecule has 0 saturated carbocycles. The molecule has 5 nitrogen and oxygen atoms in total. The maximum Gasteiger partial charge on any atom is 0.321 e. The van der Waals surface area contributed by atoms with Crippen LogP contribution in [0.15, 0.2) is 54.2 Å². The van der Waals surface area contributed by atoms with Crippen LogP contribution in [0.25, 0.3) is 11.3 Å². The van der Waals surface area contributed by atoms with Gasteiger partial charge in [0.1, 0.15) is 0 Å². The average molecular weight is 359 g/mol. The first-order valence-corrected chi connectivity index (χ1v) is 8.62. The summed E-state index contributed by atoms with van der Waals surface area (Å²) >= 11 is 7.22. The van der Waals surface area contributed by atoms with E-state index in [9.17, 15) is 4.79 Å². The molecule has 2 aromatic heterocycles. The van der Waals surface area contributed by atoms with Crippen molar-refractivity contribution in [1.82, 2.24) is 15.3 Å². The molecule has 2 amide bonds. The number of carbonyl (C=O) groups is 1. The summed E-state index contributed by atoms with van der Waals surface area (Å²) in [7, 11) is 0. The summed E-state index contributed by atoms with van der Waals surface area (Å²) in [5, 5.41) is 8.71. The normalized spacial score (nSPS) is 10.4. The number of halogens is 1. The number of carbonyl (C=O) groups excluding carboxylic acids is 1. The lowest BCUT2D eigenvalue weighted by atomic mass is 10.1. The second-order valence-electron chi connectivity index (χ2n) is 5.04. The van der Waals surface area contributed by atoms with Gasteiger partial charge in [0.2, 0.25) is 0 Å². The average Bonchev–Trinajstić information content (AvgIpc) is 3.06. The number of pyridine rings is 1.